The van der Waals surface area contributed by atoms with Crippen LogP contribution in [0, 0.1) is 0 Å². The zero-order chi connectivity index (χ0) is 19.4. The molecule has 0 aromatic heterocycles. The molecule has 0 aliphatic carbocycles. The second-order valence-corrected chi connectivity index (χ2v) is 6.44. The van der Waals surface area contributed by atoms with Crippen LogP contribution in [-0.2, 0) is 6.42 Å². The van der Waals surface area contributed by atoms with Gasteiger partial charge < -0.3 is 19.3 Å². The summed E-state index contributed by atoms with van der Waals surface area (Å²) in [5.74, 6) is 1.57. The minimum absolute atomic E-state index is 0.0489. The number of methoxy groups -OCH3 is 1. The Bertz CT molecular complexity index is 921. The lowest BCUT2D eigenvalue weighted by atomic mass is 10.0. The van der Waals surface area contributed by atoms with Crippen molar-refractivity contribution in [3.63, 3.8) is 0 Å². The van der Waals surface area contributed by atoms with E-state index in [1.807, 2.05) is 26.0 Å². The van der Waals surface area contributed by atoms with Crippen molar-refractivity contribution in [3.8, 4) is 23.0 Å². The van der Waals surface area contributed by atoms with Crippen molar-refractivity contribution in [2.45, 2.75) is 20.3 Å². The summed E-state index contributed by atoms with van der Waals surface area (Å²) in [6.07, 6.45) is 5.59. The van der Waals surface area contributed by atoms with Gasteiger partial charge in [-0.15, -0.1) is 0 Å². The average molecular weight is 366 g/mol. The zero-order valence-corrected chi connectivity index (χ0v) is 15.6. The van der Waals surface area contributed by atoms with Crippen molar-refractivity contribution in [1.82, 2.24) is 0 Å². The summed E-state index contributed by atoms with van der Waals surface area (Å²) < 4.78 is 15.9. The van der Waals surface area contributed by atoms with E-state index in [9.17, 15) is 9.90 Å². The highest BCUT2D eigenvalue weighted by molar-refractivity contribution is 6.09. The monoisotopic (exact) mass is 366 g/mol. The highest BCUT2D eigenvalue weighted by atomic mass is 16.7. The van der Waals surface area contributed by atoms with Gasteiger partial charge in [0.25, 0.3) is 0 Å². The molecular formula is C22H22O5. The molecule has 0 fully saturated rings. The average Bonchev–Trinajstić information content (AvgIpc) is 3.12. The van der Waals surface area contributed by atoms with Crippen molar-refractivity contribution in [1.29, 1.82) is 0 Å². The minimum Gasteiger partial charge on any atom is -0.507 e. The number of aromatic hydroxyl groups is 1. The number of fused-ring (bicyclic) bond motifs is 1. The first-order valence-corrected chi connectivity index (χ1v) is 8.64. The summed E-state index contributed by atoms with van der Waals surface area (Å²) >= 11 is 0. The number of allylic oxidation sites excluding steroid dienone is 3. The van der Waals surface area contributed by atoms with Gasteiger partial charge in [0.05, 0.1) is 12.7 Å². The van der Waals surface area contributed by atoms with Gasteiger partial charge in [0, 0.05) is 5.56 Å². The lowest BCUT2D eigenvalue weighted by Crippen LogP contribution is -2.00. The molecule has 0 unspecified atom stereocenters. The van der Waals surface area contributed by atoms with Crippen LogP contribution >= 0.6 is 0 Å². The molecule has 1 aliphatic rings. The molecule has 5 heteroatoms. The summed E-state index contributed by atoms with van der Waals surface area (Å²) in [6.45, 7) is 4.16. The van der Waals surface area contributed by atoms with Crippen LogP contribution in [-0.4, -0.2) is 24.8 Å². The molecule has 3 rings (SSSR count). The summed E-state index contributed by atoms with van der Waals surface area (Å²) in [4.78, 5) is 12.6. The molecule has 0 amide bonds. The lowest BCUT2D eigenvalue weighted by Gasteiger charge is -2.12. The van der Waals surface area contributed by atoms with Crippen LogP contribution in [0.1, 0.15) is 35.3 Å². The second-order valence-electron chi connectivity index (χ2n) is 6.44. The number of benzene rings is 2. The van der Waals surface area contributed by atoms with Gasteiger partial charge in [-0.25, -0.2) is 0 Å². The predicted molar refractivity (Wildman–Crippen MR) is 104 cm³/mol. The number of carbonyl (C=O) groups is 1. The van der Waals surface area contributed by atoms with E-state index in [-0.39, 0.29) is 23.9 Å². The van der Waals surface area contributed by atoms with Gasteiger partial charge in [-0.1, -0.05) is 23.8 Å². The van der Waals surface area contributed by atoms with Crippen LogP contribution in [0.3, 0.4) is 0 Å². The largest absolute Gasteiger partial charge is 0.507 e. The molecule has 0 saturated heterocycles. The zero-order valence-electron chi connectivity index (χ0n) is 15.6. The number of phenols is 1. The molecule has 0 bridgehead atoms. The molecule has 1 aliphatic heterocycles. The molecule has 2 aromatic rings. The Kier molecular flexibility index (Phi) is 5.50. The van der Waals surface area contributed by atoms with E-state index in [0.29, 0.717) is 29.2 Å². The Morgan fingerprint density at radius 3 is 2.70 bits per heavy atom. The number of ether oxygens (including phenoxy) is 3. The molecule has 0 saturated carbocycles. The van der Waals surface area contributed by atoms with E-state index in [4.69, 9.17) is 14.2 Å². The summed E-state index contributed by atoms with van der Waals surface area (Å²) in [7, 11) is 1.54. The van der Waals surface area contributed by atoms with Crippen molar-refractivity contribution in [3.05, 3.63) is 64.7 Å². The van der Waals surface area contributed by atoms with Crippen LogP contribution in [0.15, 0.2) is 48.1 Å². The van der Waals surface area contributed by atoms with Gasteiger partial charge in [-0.3, -0.25) is 4.79 Å². The molecular weight excluding hydrogens is 344 g/mol. The second kappa shape index (κ2) is 7.99. The van der Waals surface area contributed by atoms with Crippen molar-refractivity contribution < 1.29 is 24.1 Å². The van der Waals surface area contributed by atoms with E-state index in [1.54, 1.807) is 37.5 Å². The first-order valence-electron chi connectivity index (χ1n) is 8.64. The number of phenolic OH excluding ortho intramolecular Hbond substituents is 1. The molecule has 1 heterocycles. The Morgan fingerprint density at radius 2 is 1.96 bits per heavy atom. The van der Waals surface area contributed by atoms with E-state index < -0.39 is 0 Å². The quantitative estimate of drug-likeness (QED) is 0.462. The van der Waals surface area contributed by atoms with Crippen molar-refractivity contribution in [2.24, 2.45) is 0 Å². The van der Waals surface area contributed by atoms with Crippen LogP contribution in [0.4, 0.5) is 0 Å². The number of rotatable bonds is 6. The fourth-order valence-corrected chi connectivity index (χ4v) is 2.79. The van der Waals surface area contributed by atoms with E-state index in [2.05, 4.69) is 0 Å². The van der Waals surface area contributed by atoms with Gasteiger partial charge in [-0.2, -0.15) is 0 Å². The Hall–Kier alpha value is -3.21. The highest BCUT2D eigenvalue weighted by Gasteiger charge is 2.17. The number of ketones is 1. The fourth-order valence-electron chi connectivity index (χ4n) is 2.79. The van der Waals surface area contributed by atoms with Crippen LogP contribution in [0.5, 0.6) is 23.0 Å². The van der Waals surface area contributed by atoms with Crippen molar-refractivity contribution >= 4 is 11.9 Å². The SMILES string of the molecule is COc1ccc(C(=O)/C=C/c2ccc3c(c2)OCO3)c(O)c1CC=C(C)C. The molecule has 5 nitrogen and oxygen atoms in total. The maximum atomic E-state index is 12.6. The number of hydrogen-bond acceptors (Lipinski definition) is 5. The molecule has 2 aromatic carbocycles. The third-order valence-corrected chi connectivity index (χ3v) is 4.26. The molecule has 0 atom stereocenters. The molecule has 140 valence electrons. The van der Waals surface area contributed by atoms with E-state index in [1.165, 1.54) is 6.08 Å². The normalized spacial score (nSPS) is 12.3. The molecule has 27 heavy (non-hydrogen) atoms. The Labute approximate surface area is 158 Å². The Morgan fingerprint density at radius 1 is 1.19 bits per heavy atom. The van der Waals surface area contributed by atoms with Gasteiger partial charge in [0.1, 0.15) is 11.5 Å². The highest BCUT2D eigenvalue weighted by Crippen LogP contribution is 2.34. The summed E-state index contributed by atoms with van der Waals surface area (Å²) in [5, 5.41) is 10.6. The van der Waals surface area contributed by atoms with Crippen LogP contribution in [0.2, 0.25) is 0 Å². The third-order valence-electron chi connectivity index (χ3n) is 4.26. The topological polar surface area (TPSA) is 65.0 Å². The summed E-state index contributed by atoms with van der Waals surface area (Å²) in [6, 6.07) is 8.72. The first kappa shape index (κ1) is 18.6. The van der Waals surface area contributed by atoms with Gasteiger partial charge in [0.15, 0.2) is 17.3 Å². The standard InChI is InChI=1S/C22H22O5/c1-14(2)4-7-17-19(25-3)11-8-16(22(17)24)18(23)9-5-15-6-10-20-21(12-15)27-13-26-20/h4-6,8-12,24H,7,13H2,1-3H3/b9-5+. The van der Waals surface area contributed by atoms with E-state index in [0.717, 1.165) is 11.1 Å². The summed E-state index contributed by atoms with van der Waals surface area (Å²) in [5.41, 5.74) is 2.77. The van der Waals surface area contributed by atoms with Crippen LogP contribution < -0.4 is 14.2 Å². The molecule has 1 N–H and O–H groups in total. The third kappa shape index (κ3) is 4.14. The van der Waals surface area contributed by atoms with Crippen molar-refractivity contribution in [2.75, 3.05) is 13.9 Å². The fraction of sp³-hybridized carbons (Fsp3) is 0.227. The van der Waals surface area contributed by atoms with Crippen LogP contribution in [0.25, 0.3) is 6.08 Å². The maximum absolute atomic E-state index is 12.6. The Balaban J connectivity index is 1.85. The van der Waals surface area contributed by atoms with E-state index >= 15 is 0 Å². The smallest absolute Gasteiger partial charge is 0.231 e. The predicted octanol–water partition coefficient (Wildman–Crippen LogP) is 4.53. The lowest BCUT2D eigenvalue weighted by molar-refractivity contribution is 0.104. The maximum Gasteiger partial charge on any atom is 0.231 e. The number of hydrogen-bond donors (Lipinski definition) is 1. The van der Waals surface area contributed by atoms with Gasteiger partial charge >= 0.3 is 0 Å². The first-order chi connectivity index (χ1) is 13.0. The van der Waals surface area contributed by atoms with Gasteiger partial charge in [0.2, 0.25) is 6.79 Å². The minimum atomic E-state index is -0.286. The molecule has 0 spiro atoms. The van der Waals surface area contributed by atoms with Gasteiger partial charge in [-0.05, 0) is 56.2 Å². The number of carbonyl (C=O) groups excluding carboxylic acids is 1. The molecule has 0 radical (unpaired) electrons.